The van der Waals surface area contributed by atoms with E-state index in [-0.39, 0.29) is 30.0 Å². The van der Waals surface area contributed by atoms with Crippen molar-refractivity contribution in [3.63, 3.8) is 0 Å². The van der Waals surface area contributed by atoms with Gasteiger partial charge in [0.05, 0.1) is 33.6 Å². The molecule has 3 fully saturated rings. The van der Waals surface area contributed by atoms with Crippen LogP contribution in [0.1, 0.15) is 48.3 Å². The Labute approximate surface area is 338 Å². The summed E-state index contributed by atoms with van der Waals surface area (Å²) in [5.74, 6) is 0.814. The van der Waals surface area contributed by atoms with Gasteiger partial charge in [-0.15, -0.1) is 11.3 Å². The maximum Gasteiger partial charge on any atom is 0.329 e. The minimum atomic E-state index is -0.694. The summed E-state index contributed by atoms with van der Waals surface area (Å²) in [6.45, 7) is 9.30. The number of fused-ring (bicyclic) bond motifs is 6. The van der Waals surface area contributed by atoms with Gasteiger partial charge < -0.3 is 20.4 Å². The fourth-order valence-electron chi connectivity index (χ4n) is 9.42. The normalized spacial score (nSPS) is 21.0. The zero-order chi connectivity index (χ0) is 39.7. The number of aromatic nitrogens is 4. The van der Waals surface area contributed by atoms with Crippen molar-refractivity contribution in [1.29, 1.82) is 0 Å². The summed E-state index contributed by atoms with van der Waals surface area (Å²) in [4.78, 5) is 68.8. The molecule has 8 heterocycles. The Hall–Kier alpha value is -5.80. The number of aryl methyl sites for hydroxylation is 1. The molecule has 3 saturated heterocycles. The number of piperidine rings is 2. The van der Waals surface area contributed by atoms with Crippen LogP contribution in [-0.2, 0) is 16.6 Å². The highest BCUT2D eigenvalue weighted by atomic mass is 32.1. The van der Waals surface area contributed by atoms with Crippen LogP contribution >= 0.6 is 11.3 Å². The number of anilines is 3. The molecule has 4 aliphatic heterocycles. The Kier molecular flexibility index (Phi) is 9.16. The van der Waals surface area contributed by atoms with Crippen molar-refractivity contribution >= 4 is 78.3 Å². The Morgan fingerprint density at radius 2 is 1.72 bits per heavy atom. The Bertz CT molecular complexity index is 2690. The molecule has 4 aromatic heterocycles. The molecular weight excluding hydrogens is 753 g/mol. The van der Waals surface area contributed by atoms with Crippen LogP contribution in [0.15, 0.2) is 65.6 Å². The van der Waals surface area contributed by atoms with E-state index in [1.165, 1.54) is 11.3 Å². The number of carbonyl (C=O) groups excluding carboxylic acids is 3. The van der Waals surface area contributed by atoms with Gasteiger partial charge in [0, 0.05) is 99.1 Å². The number of amides is 3. The summed E-state index contributed by atoms with van der Waals surface area (Å²) in [7, 11) is 1.77. The van der Waals surface area contributed by atoms with Crippen molar-refractivity contribution in [2.45, 2.75) is 44.7 Å². The first kappa shape index (κ1) is 36.5. The molecule has 298 valence electrons. The maximum absolute atomic E-state index is 13.5. The fraction of sp³-hybridized carbons (Fsp3) is 0.395. The van der Waals surface area contributed by atoms with E-state index in [2.05, 4.69) is 67.0 Å². The van der Waals surface area contributed by atoms with Crippen LogP contribution in [0.4, 0.5) is 17.2 Å². The number of para-hydroxylation sites is 1. The Morgan fingerprint density at radius 1 is 0.897 bits per heavy atom. The van der Waals surface area contributed by atoms with Crippen molar-refractivity contribution in [2.24, 2.45) is 13.0 Å². The number of thiophene rings is 1. The van der Waals surface area contributed by atoms with Gasteiger partial charge in [0.15, 0.2) is 0 Å². The van der Waals surface area contributed by atoms with Crippen molar-refractivity contribution < 1.29 is 14.4 Å². The summed E-state index contributed by atoms with van der Waals surface area (Å²) in [5.41, 5.74) is 6.06. The van der Waals surface area contributed by atoms with Gasteiger partial charge in [-0.2, -0.15) is 0 Å². The number of piperazine rings is 1. The van der Waals surface area contributed by atoms with Crippen molar-refractivity contribution in [3.8, 4) is 11.3 Å². The first-order chi connectivity index (χ1) is 28.2. The van der Waals surface area contributed by atoms with Crippen LogP contribution in [0.25, 0.3) is 43.3 Å². The molecule has 2 aromatic carbocycles. The summed E-state index contributed by atoms with van der Waals surface area (Å²) in [6, 6.07) is 17.8. The average Bonchev–Trinajstić information content (AvgIpc) is 3.69. The first-order valence-corrected chi connectivity index (χ1v) is 21.1. The number of nitrogens with zero attached hydrogens (tertiary/aromatic N) is 7. The molecule has 0 radical (unpaired) electrons. The van der Waals surface area contributed by atoms with Crippen LogP contribution in [0.3, 0.4) is 0 Å². The standard InChI is InChI=1S/C43H46N10O4S/c1-25-23-45-38-37-28-6-7-29(47-30(28)8-10-34(37)58-40(38)42(56)46-25)27-12-15-44-35(22-27)52-20-18-50(19-21-52)24-26-13-16-51(17-14-26)31-4-3-5-32-39(31)49(2)43(57)53(32)33-9-11-36(54)48-41(33)55/h3-8,10,12,15,22,25-26,33,45H,9,11,13-14,16-21,23-24H2,1-2H3,(H,46,56)(H,48,54,55)/t25-,33?/m1/s1. The van der Waals surface area contributed by atoms with Gasteiger partial charge in [-0.05, 0) is 80.6 Å². The van der Waals surface area contributed by atoms with E-state index in [0.29, 0.717) is 18.9 Å². The molecule has 15 heteroatoms. The number of hydrogen-bond donors (Lipinski definition) is 3. The van der Waals surface area contributed by atoms with Gasteiger partial charge >= 0.3 is 5.69 Å². The average molecular weight is 799 g/mol. The third kappa shape index (κ3) is 6.36. The highest BCUT2D eigenvalue weighted by Crippen LogP contribution is 2.41. The first-order valence-electron chi connectivity index (χ1n) is 20.3. The molecule has 58 heavy (non-hydrogen) atoms. The zero-order valence-electron chi connectivity index (χ0n) is 32.7. The molecule has 0 spiro atoms. The Balaban J connectivity index is 0.779. The van der Waals surface area contributed by atoms with E-state index in [0.717, 1.165) is 124 Å². The van der Waals surface area contributed by atoms with Gasteiger partial charge in [0.2, 0.25) is 11.8 Å². The number of imidazole rings is 1. The van der Waals surface area contributed by atoms with E-state index in [1.54, 1.807) is 16.2 Å². The van der Waals surface area contributed by atoms with Gasteiger partial charge in [-0.1, -0.05) is 6.07 Å². The third-order valence-corrected chi connectivity index (χ3v) is 13.7. The van der Waals surface area contributed by atoms with Gasteiger partial charge in [0.25, 0.3) is 5.91 Å². The zero-order valence-corrected chi connectivity index (χ0v) is 33.5. The SMILES string of the molecule is C[C@@H]1CNc2c(sc3ccc4nc(-c5ccnc(N6CCN(CC7CCN(c8cccc9c8n(C)c(=O)n9C8CCC(=O)NC8=O)CC7)CC6)c5)ccc4c23)C(=O)N1. The van der Waals surface area contributed by atoms with Crippen LogP contribution in [-0.4, -0.2) is 100 Å². The second-order valence-corrected chi connectivity index (χ2v) is 17.3. The fourth-order valence-corrected chi connectivity index (χ4v) is 10.5. The van der Waals surface area contributed by atoms with Crippen molar-refractivity contribution in [2.75, 3.05) is 67.5 Å². The molecule has 10 rings (SSSR count). The molecule has 14 nitrogen and oxygen atoms in total. The second-order valence-electron chi connectivity index (χ2n) is 16.2. The number of rotatable bonds is 6. The molecule has 4 aliphatic rings. The number of pyridine rings is 2. The number of carbonyl (C=O) groups is 3. The van der Waals surface area contributed by atoms with Crippen LogP contribution < -0.4 is 31.4 Å². The summed E-state index contributed by atoms with van der Waals surface area (Å²) in [5, 5.41) is 11.1. The highest BCUT2D eigenvalue weighted by Gasteiger charge is 2.33. The lowest BCUT2D eigenvalue weighted by Crippen LogP contribution is -2.49. The smallest absolute Gasteiger partial charge is 0.329 e. The van der Waals surface area contributed by atoms with Crippen LogP contribution in [0, 0.1) is 5.92 Å². The summed E-state index contributed by atoms with van der Waals surface area (Å²) < 4.78 is 4.29. The molecule has 0 bridgehead atoms. The lowest BCUT2D eigenvalue weighted by molar-refractivity contribution is -0.135. The van der Waals surface area contributed by atoms with E-state index in [1.807, 2.05) is 31.3 Å². The number of imide groups is 1. The lowest BCUT2D eigenvalue weighted by atomic mass is 9.95. The molecule has 1 unspecified atom stereocenters. The van der Waals surface area contributed by atoms with E-state index < -0.39 is 11.9 Å². The van der Waals surface area contributed by atoms with E-state index in [9.17, 15) is 19.2 Å². The van der Waals surface area contributed by atoms with E-state index in [4.69, 9.17) is 9.97 Å². The summed E-state index contributed by atoms with van der Waals surface area (Å²) >= 11 is 1.52. The van der Waals surface area contributed by atoms with Crippen molar-refractivity contribution in [1.82, 2.24) is 34.6 Å². The predicted octanol–water partition coefficient (Wildman–Crippen LogP) is 4.73. The topological polar surface area (TPSA) is 150 Å². The van der Waals surface area contributed by atoms with E-state index >= 15 is 0 Å². The quantitative estimate of drug-likeness (QED) is 0.202. The molecule has 0 saturated carbocycles. The molecule has 0 aliphatic carbocycles. The van der Waals surface area contributed by atoms with Gasteiger partial charge in [0.1, 0.15) is 16.7 Å². The monoisotopic (exact) mass is 798 g/mol. The molecule has 3 N–H and O–H groups in total. The minimum absolute atomic E-state index is 0.0267. The predicted molar refractivity (Wildman–Crippen MR) is 228 cm³/mol. The Morgan fingerprint density at radius 3 is 2.53 bits per heavy atom. The number of nitrogens with one attached hydrogen (secondary N) is 3. The molecule has 2 atom stereocenters. The lowest BCUT2D eigenvalue weighted by Gasteiger charge is -2.40. The largest absolute Gasteiger partial charge is 0.381 e. The highest BCUT2D eigenvalue weighted by molar-refractivity contribution is 7.21. The molecular formula is C43H46N10O4S. The molecule has 3 amide bonds. The summed E-state index contributed by atoms with van der Waals surface area (Å²) in [6.07, 6.45) is 4.55. The maximum atomic E-state index is 13.5. The number of hydrogen-bond acceptors (Lipinski definition) is 11. The second kappa shape index (κ2) is 14.5. The third-order valence-electron chi connectivity index (χ3n) is 12.5. The van der Waals surface area contributed by atoms with Gasteiger partial charge in [-0.3, -0.25) is 33.7 Å². The molecule has 6 aromatic rings. The van der Waals surface area contributed by atoms with Gasteiger partial charge in [-0.25, -0.2) is 14.8 Å². The number of benzene rings is 2. The van der Waals surface area contributed by atoms with Crippen LogP contribution in [0.2, 0.25) is 0 Å². The minimum Gasteiger partial charge on any atom is -0.381 e. The van der Waals surface area contributed by atoms with Crippen LogP contribution in [0.5, 0.6) is 0 Å². The van der Waals surface area contributed by atoms with Crippen molar-refractivity contribution in [3.05, 3.63) is 76.2 Å².